The van der Waals surface area contributed by atoms with E-state index in [0.717, 1.165) is 53.8 Å². The number of nitrogens with one attached hydrogen (secondary N) is 1. The first-order valence-corrected chi connectivity index (χ1v) is 10.1. The van der Waals surface area contributed by atoms with Gasteiger partial charge in [-0.25, -0.2) is 0 Å². The molecule has 0 aliphatic carbocycles. The van der Waals surface area contributed by atoms with E-state index in [4.69, 9.17) is 5.73 Å². The number of rotatable bonds is 6. The number of carbonyl (C=O) groups is 2. The summed E-state index contributed by atoms with van der Waals surface area (Å²) in [6, 6.07) is 15.6. The molecule has 1 aliphatic rings. The van der Waals surface area contributed by atoms with E-state index in [9.17, 15) is 9.59 Å². The van der Waals surface area contributed by atoms with E-state index >= 15 is 0 Å². The normalized spacial score (nSPS) is 15.6. The lowest BCUT2D eigenvalue weighted by Crippen LogP contribution is -2.38. The molecular weight excluding hydrogens is 418 g/mol. The van der Waals surface area contributed by atoms with E-state index in [-0.39, 0.29) is 17.7 Å². The molecule has 2 amide bonds. The molecule has 0 radical (unpaired) electrons. The molecule has 6 heteroatoms. The lowest BCUT2D eigenvalue weighted by atomic mass is 9.96. The number of amides is 2. The average molecular weight is 442 g/mol. The quantitative estimate of drug-likeness (QED) is 0.669. The number of piperidine rings is 1. The van der Waals surface area contributed by atoms with Gasteiger partial charge >= 0.3 is 0 Å². The molecule has 3 N–H and O–H groups in total. The van der Waals surface area contributed by atoms with Crippen LogP contribution in [-0.2, 0) is 16.1 Å². The zero-order valence-corrected chi connectivity index (χ0v) is 17.2. The third-order valence-electron chi connectivity index (χ3n) is 4.91. The number of hydrogen-bond acceptors (Lipinski definition) is 3. The third kappa shape index (κ3) is 5.78. The van der Waals surface area contributed by atoms with E-state index in [2.05, 4.69) is 26.1 Å². The summed E-state index contributed by atoms with van der Waals surface area (Å²) < 4.78 is 0.946. The van der Waals surface area contributed by atoms with Gasteiger partial charge in [0.1, 0.15) is 0 Å². The summed E-state index contributed by atoms with van der Waals surface area (Å²) in [6.45, 7) is 2.51. The maximum absolute atomic E-state index is 12.2. The maximum atomic E-state index is 12.2. The summed E-state index contributed by atoms with van der Waals surface area (Å²) in [5.74, 6) is -0.367. The van der Waals surface area contributed by atoms with Gasteiger partial charge in [-0.15, -0.1) is 0 Å². The number of halogens is 1. The smallest absolute Gasteiger partial charge is 0.248 e. The summed E-state index contributed by atoms with van der Waals surface area (Å²) in [5.41, 5.74) is 8.24. The molecule has 0 atom stereocenters. The van der Waals surface area contributed by atoms with Crippen LogP contribution < -0.4 is 11.1 Å². The van der Waals surface area contributed by atoms with Crippen molar-refractivity contribution in [1.82, 2.24) is 4.90 Å². The third-order valence-corrected chi connectivity index (χ3v) is 5.63. The van der Waals surface area contributed by atoms with Crippen LogP contribution in [0.25, 0.3) is 6.08 Å². The molecule has 3 rings (SSSR count). The average Bonchev–Trinajstić information content (AvgIpc) is 2.68. The van der Waals surface area contributed by atoms with Crippen LogP contribution >= 0.6 is 15.9 Å². The minimum atomic E-state index is -0.194. The molecule has 5 nitrogen and oxygen atoms in total. The van der Waals surface area contributed by atoms with Gasteiger partial charge in [-0.05, 0) is 61.3 Å². The second-order valence-corrected chi connectivity index (χ2v) is 7.85. The Balaban J connectivity index is 1.55. The molecule has 0 bridgehead atoms. The van der Waals surface area contributed by atoms with Crippen molar-refractivity contribution in [1.29, 1.82) is 0 Å². The highest BCUT2D eigenvalue weighted by atomic mass is 79.9. The highest BCUT2D eigenvalue weighted by molar-refractivity contribution is 9.10. The second-order valence-electron chi connectivity index (χ2n) is 7.00. The zero-order chi connectivity index (χ0) is 19.9. The number of carbonyl (C=O) groups excluding carboxylic acids is 2. The monoisotopic (exact) mass is 441 g/mol. The van der Waals surface area contributed by atoms with Gasteiger partial charge in [-0.3, -0.25) is 14.5 Å². The molecule has 0 unspecified atom stereocenters. The van der Waals surface area contributed by atoms with E-state index in [1.54, 1.807) is 6.08 Å². The van der Waals surface area contributed by atoms with Crippen molar-refractivity contribution in [3.63, 3.8) is 0 Å². The Morgan fingerprint density at radius 3 is 2.61 bits per heavy atom. The van der Waals surface area contributed by atoms with Crippen LogP contribution in [0.2, 0.25) is 0 Å². The van der Waals surface area contributed by atoms with Gasteiger partial charge in [0.15, 0.2) is 0 Å². The van der Waals surface area contributed by atoms with Crippen LogP contribution in [0, 0.1) is 5.92 Å². The van der Waals surface area contributed by atoms with E-state index < -0.39 is 0 Å². The molecular formula is C22H24BrN3O2. The van der Waals surface area contributed by atoms with Gasteiger partial charge in [0.05, 0.1) is 0 Å². The molecule has 1 aliphatic heterocycles. The summed E-state index contributed by atoms with van der Waals surface area (Å²) in [6.07, 6.45) is 4.94. The van der Waals surface area contributed by atoms with E-state index in [1.807, 2.05) is 48.5 Å². The number of primary amides is 1. The number of nitrogens with two attached hydrogens (primary N) is 1. The van der Waals surface area contributed by atoms with E-state index in [0.29, 0.717) is 0 Å². The van der Waals surface area contributed by atoms with Gasteiger partial charge in [0.25, 0.3) is 0 Å². The first-order valence-electron chi connectivity index (χ1n) is 9.35. The van der Waals surface area contributed by atoms with Crippen LogP contribution in [0.4, 0.5) is 5.69 Å². The second kappa shape index (κ2) is 9.66. The molecule has 0 aromatic heterocycles. The molecule has 2 aromatic rings. The van der Waals surface area contributed by atoms with Crippen LogP contribution in [0.5, 0.6) is 0 Å². The molecule has 28 heavy (non-hydrogen) atoms. The van der Waals surface area contributed by atoms with Crippen molar-refractivity contribution in [3.05, 3.63) is 70.2 Å². The Morgan fingerprint density at radius 2 is 1.89 bits per heavy atom. The molecule has 1 heterocycles. The predicted octanol–water partition coefficient (Wildman–Crippen LogP) is 3.80. The van der Waals surface area contributed by atoms with Crippen LogP contribution in [-0.4, -0.2) is 29.8 Å². The number of hydrogen-bond donors (Lipinski definition) is 2. The van der Waals surface area contributed by atoms with Gasteiger partial charge < -0.3 is 11.1 Å². The largest absolute Gasteiger partial charge is 0.369 e. The number of likely N-dealkylation sites (tertiary alicyclic amines) is 1. The van der Waals surface area contributed by atoms with Gasteiger partial charge in [0, 0.05) is 28.7 Å². The topological polar surface area (TPSA) is 75.4 Å². The Bertz CT molecular complexity index is 874. The molecule has 2 aromatic carbocycles. The number of nitrogens with zero attached hydrogens (tertiary/aromatic N) is 1. The predicted molar refractivity (Wildman–Crippen MR) is 115 cm³/mol. The van der Waals surface area contributed by atoms with Crippen LogP contribution in [0.3, 0.4) is 0 Å². The minimum Gasteiger partial charge on any atom is -0.369 e. The van der Waals surface area contributed by atoms with Crippen molar-refractivity contribution in [2.24, 2.45) is 11.7 Å². The summed E-state index contributed by atoms with van der Waals surface area (Å²) in [5, 5.41) is 2.91. The molecule has 1 saturated heterocycles. The fourth-order valence-corrected chi connectivity index (χ4v) is 3.76. The Hall–Kier alpha value is -2.44. The maximum Gasteiger partial charge on any atom is 0.248 e. The summed E-state index contributed by atoms with van der Waals surface area (Å²) in [7, 11) is 0. The fraction of sp³-hybridized carbons (Fsp3) is 0.273. The molecule has 146 valence electrons. The molecule has 1 fully saturated rings. The standard InChI is InChI=1S/C22H24BrN3O2/c23-20-7-2-1-5-17(20)8-9-21(27)25-19-6-3-4-16(14-19)15-26-12-10-18(11-13-26)22(24)28/h1-9,14,18H,10-13,15H2,(H2,24,28)(H,25,27)/b9-8+. The van der Waals surface area contributed by atoms with Gasteiger partial charge in [0.2, 0.25) is 11.8 Å². The summed E-state index contributed by atoms with van der Waals surface area (Å²) in [4.78, 5) is 25.8. The van der Waals surface area contributed by atoms with Crippen molar-refractivity contribution in [2.75, 3.05) is 18.4 Å². The van der Waals surface area contributed by atoms with Crippen molar-refractivity contribution in [2.45, 2.75) is 19.4 Å². The minimum absolute atomic E-state index is 0.00156. The first-order chi connectivity index (χ1) is 13.5. The van der Waals surface area contributed by atoms with Crippen molar-refractivity contribution in [3.8, 4) is 0 Å². The Labute approximate surface area is 173 Å². The fourth-order valence-electron chi connectivity index (χ4n) is 3.34. The SMILES string of the molecule is NC(=O)C1CCN(Cc2cccc(NC(=O)/C=C/c3ccccc3Br)c2)CC1. The summed E-state index contributed by atoms with van der Waals surface area (Å²) >= 11 is 3.47. The van der Waals surface area contributed by atoms with Crippen LogP contribution in [0.1, 0.15) is 24.0 Å². The highest BCUT2D eigenvalue weighted by Gasteiger charge is 2.22. The zero-order valence-electron chi connectivity index (χ0n) is 15.6. The number of benzene rings is 2. The molecule has 0 spiro atoms. The first kappa shape index (κ1) is 20.3. The van der Waals surface area contributed by atoms with Gasteiger partial charge in [-0.1, -0.05) is 46.3 Å². The highest BCUT2D eigenvalue weighted by Crippen LogP contribution is 2.20. The van der Waals surface area contributed by atoms with E-state index in [1.165, 1.54) is 6.08 Å². The lowest BCUT2D eigenvalue weighted by Gasteiger charge is -2.30. The molecule has 0 saturated carbocycles. The Morgan fingerprint density at radius 1 is 1.14 bits per heavy atom. The number of anilines is 1. The van der Waals surface area contributed by atoms with Crippen molar-refractivity contribution >= 4 is 39.5 Å². The Kier molecular flexibility index (Phi) is 7.01. The lowest BCUT2D eigenvalue weighted by molar-refractivity contribution is -0.123. The van der Waals surface area contributed by atoms with Gasteiger partial charge in [-0.2, -0.15) is 0 Å². The van der Waals surface area contributed by atoms with Crippen LogP contribution in [0.15, 0.2) is 59.1 Å². The van der Waals surface area contributed by atoms with Crippen molar-refractivity contribution < 1.29 is 9.59 Å².